The van der Waals surface area contributed by atoms with Gasteiger partial charge >= 0.3 is 1.43 Å². The van der Waals surface area contributed by atoms with E-state index < -0.39 is 0 Å². The molecule has 0 amide bonds. The number of carbonyl (C=O) groups excluding carboxylic acids is 2. The molecule has 2 aromatic rings. The lowest BCUT2D eigenvalue weighted by atomic mass is 9.92. The van der Waals surface area contributed by atoms with E-state index in [2.05, 4.69) is 0 Å². The topological polar surface area (TPSA) is 34.1 Å². The molecule has 0 spiro atoms. The van der Waals surface area contributed by atoms with Crippen molar-refractivity contribution in [3.63, 3.8) is 0 Å². The molecule has 0 aliphatic heterocycles. The monoisotopic (exact) mass is 235 g/mol. The fourth-order valence-corrected chi connectivity index (χ4v) is 2.18. The fraction of sp³-hybridized carbons (Fsp3) is 0. The van der Waals surface area contributed by atoms with Crippen molar-refractivity contribution in [3.8, 4) is 0 Å². The first kappa shape index (κ1) is 10.7. The van der Waals surface area contributed by atoms with Crippen molar-refractivity contribution in [3.05, 3.63) is 66.3 Å². The molecule has 0 atom stereocenters. The van der Waals surface area contributed by atoms with Gasteiger partial charge in [-0.3, -0.25) is 9.59 Å². The number of hydrogen-bond acceptors (Lipinski definition) is 2. The Hall–Kier alpha value is -2.48. The van der Waals surface area contributed by atoms with E-state index in [9.17, 15) is 9.59 Å². The lowest BCUT2D eigenvalue weighted by Gasteiger charge is -2.10. The van der Waals surface area contributed by atoms with Crippen molar-refractivity contribution in [2.75, 3.05) is 0 Å². The van der Waals surface area contributed by atoms with Crippen molar-refractivity contribution >= 4 is 27.9 Å². The summed E-state index contributed by atoms with van der Waals surface area (Å²) < 4.78 is 0. The summed E-state index contributed by atoms with van der Waals surface area (Å²) >= 11 is 0. The zero-order chi connectivity index (χ0) is 12.5. The fourth-order valence-electron chi connectivity index (χ4n) is 2.18. The zero-order valence-electron chi connectivity index (χ0n) is 10.6. The maximum Gasteiger partial charge on any atom is 1.00 e. The highest BCUT2D eigenvalue weighted by atomic mass is 16.1. The van der Waals surface area contributed by atoms with Crippen molar-refractivity contribution in [1.29, 1.82) is 0 Å². The summed E-state index contributed by atoms with van der Waals surface area (Å²) in [6.45, 7) is 0. The molecule has 0 fully saturated rings. The molecule has 2 heteroatoms. The van der Waals surface area contributed by atoms with Crippen LogP contribution in [-0.4, -0.2) is 11.6 Å². The molecule has 0 radical (unpaired) electrons. The van der Waals surface area contributed by atoms with Crippen molar-refractivity contribution in [1.82, 2.24) is 0 Å². The van der Waals surface area contributed by atoms with Gasteiger partial charge in [0.15, 0.2) is 11.6 Å². The van der Waals surface area contributed by atoms with E-state index in [4.69, 9.17) is 0 Å². The summed E-state index contributed by atoms with van der Waals surface area (Å²) in [4.78, 5) is 23.3. The molecule has 3 rings (SSSR count). The molecule has 0 aromatic heterocycles. The van der Waals surface area contributed by atoms with Gasteiger partial charge in [-0.2, -0.15) is 0 Å². The molecular formula is C16H11O2+. The first-order valence-electron chi connectivity index (χ1n) is 5.72. The molecule has 2 aromatic carbocycles. The Labute approximate surface area is 106 Å². The second-order valence-corrected chi connectivity index (χ2v) is 4.18. The minimum atomic E-state index is -0.141. The van der Waals surface area contributed by atoms with Crippen LogP contribution in [0.25, 0.3) is 16.3 Å². The van der Waals surface area contributed by atoms with Crippen LogP contribution in [0.2, 0.25) is 0 Å². The summed E-state index contributed by atoms with van der Waals surface area (Å²) in [5.74, 6) is -0.261. The number of ketones is 2. The van der Waals surface area contributed by atoms with Crippen LogP contribution in [0.5, 0.6) is 0 Å². The van der Waals surface area contributed by atoms with Gasteiger partial charge in [-0.05, 0) is 34.6 Å². The molecule has 0 unspecified atom stereocenters. The summed E-state index contributed by atoms with van der Waals surface area (Å²) in [7, 11) is 0. The van der Waals surface area contributed by atoms with E-state index >= 15 is 0 Å². The third kappa shape index (κ3) is 1.68. The number of hydrogen-bond donors (Lipinski definition) is 0. The van der Waals surface area contributed by atoms with Gasteiger partial charge < -0.3 is 0 Å². The predicted molar refractivity (Wildman–Crippen MR) is 72.2 cm³/mol. The quantitative estimate of drug-likeness (QED) is 0.712. The third-order valence-electron chi connectivity index (χ3n) is 3.03. The first-order chi connectivity index (χ1) is 8.75. The van der Waals surface area contributed by atoms with E-state index in [1.807, 2.05) is 42.5 Å². The SMILES string of the molecule is O=C1C=CC(=O)C(c2cccc3ccccc23)=C1.[H+]. The minimum absolute atomic E-state index is 0. The summed E-state index contributed by atoms with van der Waals surface area (Å²) in [5, 5.41) is 2.05. The number of carbonyl (C=O) groups is 2. The summed E-state index contributed by atoms with van der Waals surface area (Å²) in [6, 6.07) is 13.6. The molecule has 18 heavy (non-hydrogen) atoms. The average Bonchev–Trinajstić information content (AvgIpc) is 2.41. The highest BCUT2D eigenvalue weighted by Crippen LogP contribution is 2.27. The molecule has 0 saturated heterocycles. The third-order valence-corrected chi connectivity index (χ3v) is 3.03. The largest absolute Gasteiger partial charge is 1.00 e. The van der Waals surface area contributed by atoms with Gasteiger partial charge in [0.2, 0.25) is 0 Å². The van der Waals surface area contributed by atoms with E-state index in [1.54, 1.807) is 0 Å². The zero-order valence-corrected chi connectivity index (χ0v) is 9.59. The first-order valence-corrected chi connectivity index (χ1v) is 5.72. The molecule has 0 saturated carbocycles. The number of fused-ring (bicyclic) bond motifs is 1. The van der Waals surface area contributed by atoms with Gasteiger partial charge in [0.25, 0.3) is 0 Å². The Morgan fingerprint density at radius 1 is 0.833 bits per heavy atom. The Morgan fingerprint density at radius 3 is 2.50 bits per heavy atom. The van der Waals surface area contributed by atoms with E-state index in [0.29, 0.717) is 5.57 Å². The van der Waals surface area contributed by atoms with Crippen LogP contribution >= 0.6 is 0 Å². The summed E-state index contributed by atoms with van der Waals surface area (Å²) in [6.07, 6.45) is 4.04. The second kappa shape index (κ2) is 4.08. The van der Waals surface area contributed by atoms with Crippen LogP contribution in [0.15, 0.2) is 60.7 Å². The normalized spacial score (nSPS) is 15.0. The van der Waals surface area contributed by atoms with Gasteiger partial charge in [0, 0.05) is 5.57 Å². The molecule has 86 valence electrons. The molecule has 1 aliphatic rings. The molecule has 1 aliphatic carbocycles. The van der Waals surface area contributed by atoms with Crippen LogP contribution in [0.1, 0.15) is 6.99 Å². The van der Waals surface area contributed by atoms with Gasteiger partial charge in [-0.1, -0.05) is 42.5 Å². The number of allylic oxidation sites excluding steroid dienone is 4. The van der Waals surface area contributed by atoms with E-state index in [1.165, 1.54) is 18.2 Å². The van der Waals surface area contributed by atoms with Gasteiger partial charge in [0.1, 0.15) is 0 Å². The Balaban J connectivity index is 0.00000133. The molecule has 0 heterocycles. The van der Waals surface area contributed by atoms with Crippen LogP contribution in [0.3, 0.4) is 0 Å². The van der Waals surface area contributed by atoms with E-state index in [-0.39, 0.29) is 13.0 Å². The number of benzene rings is 2. The van der Waals surface area contributed by atoms with Crippen LogP contribution in [0.4, 0.5) is 0 Å². The minimum Gasteiger partial charge on any atom is -0.290 e. The Bertz CT molecular complexity index is 721. The van der Waals surface area contributed by atoms with Gasteiger partial charge in [0.05, 0.1) is 0 Å². The van der Waals surface area contributed by atoms with Crippen LogP contribution in [0, 0.1) is 0 Å². The van der Waals surface area contributed by atoms with Gasteiger partial charge in [-0.15, -0.1) is 0 Å². The predicted octanol–water partition coefficient (Wildman–Crippen LogP) is 3.04. The molecule has 2 nitrogen and oxygen atoms in total. The van der Waals surface area contributed by atoms with Crippen LogP contribution in [-0.2, 0) is 9.59 Å². The van der Waals surface area contributed by atoms with Gasteiger partial charge in [-0.25, -0.2) is 0 Å². The summed E-state index contributed by atoms with van der Waals surface area (Å²) in [5.41, 5.74) is 1.29. The average molecular weight is 235 g/mol. The number of rotatable bonds is 1. The maximum absolute atomic E-state index is 11.9. The highest BCUT2D eigenvalue weighted by Gasteiger charge is 2.16. The molecule has 0 N–H and O–H groups in total. The highest BCUT2D eigenvalue weighted by molar-refractivity contribution is 6.35. The van der Waals surface area contributed by atoms with Crippen LogP contribution < -0.4 is 0 Å². The standard InChI is InChI=1S/C16H10O2/c17-12-8-9-16(18)15(10-12)14-7-3-5-11-4-1-2-6-13(11)14/h1-10H/p+1. The Morgan fingerprint density at radius 2 is 1.61 bits per heavy atom. The maximum atomic E-state index is 11.9. The smallest absolute Gasteiger partial charge is 0.290 e. The molecular weight excluding hydrogens is 224 g/mol. The molecule has 0 bridgehead atoms. The second-order valence-electron chi connectivity index (χ2n) is 4.18. The van der Waals surface area contributed by atoms with Crippen molar-refractivity contribution in [2.45, 2.75) is 0 Å². The Kier molecular flexibility index (Phi) is 2.41. The van der Waals surface area contributed by atoms with E-state index in [0.717, 1.165) is 16.3 Å². The van der Waals surface area contributed by atoms with Crippen molar-refractivity contribution < 1.29 is 11.0 Å². The van der Waals surface area contributed by atoms with Crippen molar-refractivity contribution in [2.24, 2.45) is 0 Å². The lowest BCUT2D eigenvalue weighted by molar-refractivity contribution is -0.113. The lowest BCUT2D eigenvalue weighted by Crippen LogP contribution is -2.06.